The Balaban J connectivity index is 1.53. The quantitative estimate of drug-likeness (QED) is 0.789. The van der Waals surface area contributed by atoms with Crippen LogP contribution in [-0.4, -0.2) is 58.4 Å². The number of hydrogen-bond acceptors (Lipinski definition) is 8. The number of aryl methyl sites for hydroxylation is 1. The van der Waals surface area contributed by atoms with Gasteiger partial charge in [0.1, 0.15) is 0 Å². The summed E-state index contributed by atoms with van der Waals surface area (Å²) in [7, 11) is 4.00. The lowest BCUT2D eigenvalue weighted by Gasteiger charge is -2.40. The van der Waals surface area contributed by atoms with Gasteiger partial charge in [-0.05, 0) is 44.0 Å². The Hall–Kier alpha value is -1.67. The van der Waals surface area contributed by atoms with Crippen LogP contribution in [0, 0.1) is 0 Å². The predicted molar refractivity (Wildman–Crippen MR) is 102 cm³/mol. The summed E-state index contributed by atoms with van der Waals surface area (Å²) < 4.78 is 5.44. The molecule has 7 nitrogen and oxygen atoms in total. The smallest absolute Gasteiger partial charge is 0.240 e. The number of aromatic nitrogens is 4. The van der Waals surface area contributed by atoms with Crippen molar-refractivity contribution in [2.45, 2.75) is 43.4 Å². The maximum Gasteiger partial charge on any atom is 0.240 e. The van der Waals surface area contributed by atoms with Gasteiger partial charge in [-0.2, -0.15) is 16.7 Å². The van der Waals surface area contributed by atoms with Crippen molar-refractivity contribution in [2.75, 3.05) is 38.3 Å². The van der Waals surface area contributed by atoms with Crippen LogP contribution in [0.15, 0.2) is 10.7 Å². The average molecular weight is 375 g/mol. The zero-order chi connectivity index (χ0) is 18.1. The van der Waals surface area contributed by atoms with E-state index in [0.29, 0.717) is 0 Å². The standard InChI is InChI=1S/C18H26N6OS/c1-23(2)17-19-9-13-5-7-18(16(13)21-17)6-4-8-24(12-18)10-15-20-14(11-26-3)22-25-15/h9H,4-8,10-12H2,1-3H3. The molecule has 1 aliphatic heterocycles. The van der Waals surface area contributed by atoms with Crippen LogP contribution < -0.4 is 4.90 Å². The number of hydrogen-bond donors (Lipinski definition) is 0. The molecule has 1 saturated heterocycles. The first kappa shape index (κ1) is 17.7. The van der Waals surface area contributed by atoms with E-state index >= 15 is 0 Å². The molecule has 4 rings (SSSR count). The molecule has 1 atom stereocenters. The van der Waals surface area contributed by atoms with Crippen LogP contribution in [0.4, 0.5) is 5.95 Å². The highest BCUT2D eigenvalue weighted by Gasteiger charge is 2.44. The molecule has 3 heterocycles. The first-order valence-corrected chi connectivity index (χ1v) is 10.6. The zero-order valence-electron chi connectivity index (χ0n) is 15.7. The first-order valence-electron chi connectivity index (χ1n) is 9.16. The van der Waals surface area contributed by atoms with Crippen molar-refractivity contribution >= 4 is 17.7 Å². The molecule has 26 heavy (non-hydrogen) atoms. The third-order valence-electron chi connectivity index (χ3n) is 5.43. The lowest BCUT2D eigenvalue weighted by molar-refractivity contribution is 0.123. The second kappa shape index (κ2) is 7.15. The lowest BCUT2D eigenvalue weighted by Crippen LogP contribution is -2.45. The molecular weight excluding hydrogens is 348 g/mol. The molecule has 0 amide bonds. The van der Waals surface area contributed by atoms with E-state index in [0.717, 1.165) is 55.9 Å². The molecular formula is C18H26N6OS. The van der Waals surface area contributed by atoms with Gasteiger partial charge in [0.25, 0.3) is 0 Å². The summed E-state index contributed by atoms with van der Waals surface area (Å²) in [6, 6.07) is 0. The lowest BCUT2D eigenvalue weighted by atomic mass is 9.77. The topological polar surface area (TPSA) is 71.2 Å². The van der Waals surface area contributed by atoms with Gasteiger partial charge in [0.05, 0.1) is 18.0 Å². The molecule has 140 valence electrons. The van der Waals surface area contributed by atoms with Gasteiger partial charge in [-0.1, -0.05) is 5.16 Å². The SMILES string of the molecule is CSCc1noc(CN2CCCC3(CCc4cnc(N(C)C)nc43)C2)n1. The Labute approximate surface area is 158 Å². The van der Waals surface area contributed by atoms with E-state index in [-0.39, 0.29) is 5.41 Å². The van der Waals surface area contributed by atoms with E-state index in [1.165, 1.54) is 24.1 Å². The summed E-state index contributed by atoms with van der Waals surface area (Å²) >= 11 is 1.71. The van der Waals surface area contributed by atoms with E-state index in [4.69, 9.17) is 9.51 Å². The monoisotopic (exact) mass is 374 g/mol. The van der Waals surface area contributed by atoms with Crippen molar-refractivity contribution in [3.63, 3.8) is 0 Å². The van der Waals surface area contributed by atoms with Crippen molar-refractivity contribution in [1.29, 1.82) is 0 Å². The summed E-state index contributed by atoms with van der Waals surface area (Å²) in [6.45, 7) is 2.80. The third-order valence-corrected chi connectivity index (χ3v) is 5.97. The van der Waals surface area contributed by atoms with Crippen molar-refractivity contribution in [3.05, 3.63) is 29.2 Å². The van der Waals surface area contributed by atoms with Crippen molar-refractivity contribution in [1.82, 2.24) is 25.0 Å². The summed E-state index contributed by atoms with van der Waals surface area (Å²) in [5, 5.41) is 4.07. The first-order chi connectivity index (χ1) is 12.6. The van der Waals surface area contributed by atoms with Gasteiger partial charge in [0.15, 0.2) is 5.82 Å². The Morgan fingerprint density at radius 2 is 2.19 bits per heavy atom. The molecule has 0 radical (unpaired) electrons. The highest BCUT2D eigenvalue weighted by molar-refractivity contribution is 7.97. The molecule has 0 bridgehead atoms. The number of anilines is 1. The maximum absolute atomic E-state index is 5.44. The molecule has 0 saturated carbocycles. The van der Waals surface area contributed by atoms with Gasteiger partial charge < -0.3 is 9.42 Å². The molecule has 1 fully saturated rings. The number of fused-ring (bicyclic) bond motifs is 2. The fraction of sp³-hybridized carbons (Fsp3) is 0.667. The van der Waals surface area contributed by atoms with Crippen LogP contribution in [0.5, 0.6) is 0 Å². The van der Waals surface area contributed by atoms with Crippen molar-refractivity contribution in [3.8, 4) is 0 Å². The minimum Gasteiger partial charge on any atom is -0.347 e. The molecule has 1 aliphatic carbocycles. The van der Waals surface area contributed by atoms with E-state index in [1.54, 1.807) is 11.8 Å². The van der Waals surface area contributed by atoms with Gasteiger partial charge in [0, 0.05) is 32.3 Å². The summed E-state index contributed by atoms with van der Waals surface area (Å²) in [4.78, 5) is 18.4. The predicted octanol–water partition coefficient (Wildman–Crippen LogP) is 2.27. The fourth-order valence-electron chi connectivity index (χ4n) is 4.24. The Kier molecular flexibility index (Phi) is 4.88. The van der Waals surface area contributed by atoms with E-state index in [1.807, 2.05) is 31.4 Å². The Bertz CT molecular complexity index is 775. The van der Waals surface area contributed by atoms with Gasteiger partial charge in [-0.15, -0.1) is 0 Å². The average Bonchev–Trinajstić information content (AvgIpc) is 3.20. The van der Waals surface area contributed by atoms with Crippen LogP contribution in [0.3, 0.4) is 0 Å². The highest BCUT2D eigenvalue weighted by atomic mass is 32.2. The van der Waals surface area contributed by atoms with Crippen LogP contribution in [0.2, 0.25) is 0 Å². The van der Waals surface area contributed by atoms with E-state index < -0.39 is 0 Å². The van der Waals surface area contributed by atoms with Crippen LogP contribution in [-0.2, 0) is 24.1 Å². The second-order valence-corrected chi connectivity index (χ2v) is 8.44. The summed E-state index contributed by atoms with van der Waals surface area (Å²) in [5.41, 5.74) is 2.72. The molecule has 2 aromatic rings. The number of piperidine rings is 1. The summed E-state index contributed by atoms with van der Waals surface area (Å²) in [6.07, 6.45) is 8.68. The maximum atomic E-state index is 5.44. The minimum absolute atomic E-state index is 0.142. The Morgan fingerprint density at radius 3 is 3.00 bits per heavy atom. The highest BCUT2D eigenvalue weighted by Crippen LogP contribution is 2.44. The van der Waals surface area contributed by atoms with Gasteiger partial charge in [-0.25, -0.2) is 9.97 Å². The van der Waals surface area contributed by atoms with E-state index in [2.05, 4.69) is 20.0 Å². The van der Waals surface area contributed by atoms with Gasteiger partial charge >= 0.3 is 0 Å². The van der Waals surface area contributed by atoms with Crippen LogP contribution in [0.25, 0.3) is 0 Å². The molecule has 1 spiro atoms. The zero-order valence-corrected chi connectivity index (χ0v) is 16.6. The van der Waals surface area contributed by atoms with Gasteiger partial charge in [0.2, 0.25) is 11.8 Å². The molecule has 2 aromatic heterocycles. The third kappa shape index (κ3) is 3.32. The summed E-state index contributed by atoms with van der Waals surface area (Å²) in [5.74, 6) is 3.11. The largest absolute Gasteiger partial charge is 0.347 e. The fourth-order valence-corrected chi connectivity index (χ4v) is 4.62. The molecule has 2 aliphatic rings. The number of rotatable bonds is 5. The number of thioether (sulfide) groups is 1. The van der Waals surface area contributed by atoms with E-state index in [9.17, 15) is 0 Å². The van der Waals surface area contributed by atoms with Crippen LogP contribution in [0.1, 0.15) is 42.2 Å². The Morgan fingerprint density at radius 1 is 1.31 bits per heavy atom. The second-order valence-electron chi connectivity index (χ2n) is 7.57. The minimum atomic E-state index is 0.142. The molecule has 0 aromatic carbocycles. The number of nitrogens with zero attached hydrogens (tertiary/aromatic N) is 6. The molecule has 0 N–H and O–H groups in total. The number of likely N-dealkylation sites (tertiary alicyclic amines) is 1. The van der Waals surface area contributed by atoms with Crippen molar-refractivity contribution < 1.29 is 4.52 Å². The molecule has 1 unspecified atom stereocenters. The molecule has 8 heteroatoms. The van der Waals surface area contributed by atoms with Crippen molar-refractivity contribution in [2.24, 2.45) is 0 Å². The van der Waals surface area contributed by atoms with Gasteiger partial charge in [-0.3, -0.25) is 4.90 Å². The normalized spacial score (nSPS) is 22.7. The van der Waals surface area contributed by atoms with Crippen LogP contribution >= 0.6 is 11.8 Å².